The fraction of sp³-hybridized carbons (Fsp3) is 0.286. The fourth-order valence-electron chi connectivity index (χ4n) is 3.42. The maximum atomic E-state index is 13.2. The topological polar surface area (TPSA) is 43.1 Å². The van der Waals surface area contributed by atoms with E-state index in [0.29, 0.717) is 11.3 Å². The number of alkyl halides is 3. The lowest BCUT2D eigenvalue weighted by Crippen LogP contribution is -2.30. The molecule has 2 unspecified atom stereocenters. The number of thioether (sulfide) groups is 1. The first-order valence-corrected chi connectivity index (χ1v) is 9.83. The summed E-state index contributed by atoms with van der Waals surface area (Å²) in [5.74, 6) is 0.581. The summed E-state index contributed by atoms with van der Waals surface area (Å²) in [4.78, 5) is 13.2. The number of hydrogen-bond acceptors (Lipinski definition) is 3. The van der Waals surface area contributed by atoms with Crippen LogP contribution in [0.3, 0.4) is 0 Å². The van der Waals surface area contributed by atoms with Gasteiger partial charge in [0.25, 0.3) is 0 Å². The van der Waals surface area contributed by atoms with Crippen LogP contribution in [0.2, 0.25) is 0 Å². The second-order valence-corrected chi connectivity index (χ2v) is 7.67. The van der Waals surface area contributed by atoms with Crippen LogP contribution in [-0.4, -0.2) is 23.3 Å². The Balaban J connectivity index is 2.09. The molecule has 1 aliphatic rings. The third kappa shape index (κ3) is 3.96. The van der Waals surface area contributed by atoms with Crippen LogP contribution >= 0.6 is 11.8 Å². The van der Waals surface area contributed by atoms with Gasteiger partial charge in [0.2, 0.25) is 0 Å². The van der Waals surface area contributed by atoms with Crippen molar-refractivity contribution in [3.63, 3.8) is 0 Å². The Kier molecular flexibility index (Phi) is 5.77. The van der Waals surface area contributed by atoms with E-state index in [4.69, 9.17) is 5.73 Å². The molecule has 142 valence electrons. The monoisotopic (exact) mass is 391 g/mol. The minimum atomic E-state index is -4.46. The molecule has 0 fully saturated rings. The van der Waals surface area contributed by atoms with Crippen LogP contribution in [0, 0.1) is 0 Å². The predicted octanol–water partition coefficient (Wildman–Crippen LogP) is 4.91. The van der Waals surface area contributed by atoms with Gasteiger partial charge in [-0.25, -0.2) is 0 Å². The lowest BCUT2D eigenvalue weighted by molar-refractivity contribution is -0.137. The number of rotatable bonds is 5. The number of hydrogen-bond donors (Lipinski definition) is 1. The van der Waals surface area contributed by atoms with Gasteiger partial charge in [0.15, 0.2) is 5.78 Å². The van der Waals surface area contributed by atoms with Crippen LogP contribution < -0.4 is 5.73 Å². The van der Waals surface area contributed by atoms with Crippen molar-refractivity contribution < 1.29 is 18.0 Å². The van der Waals surface area contributed by atoms with E-state index in [1.807, 2.05) is 37.3 Å². The molecule has 0 amide bonds. The second kappa shape index (κ2) is 7.90. The first kappa shape index (κ1) is 19.7. The molecule has 0 aliphatic heterocycles. The Hall–Kier alpha value is -2.05. The zero-order chi connectivity index (χ0) is 19.6. The minimum Gasteiger partial charge on any atom is -0.323 e. The molecule has 2 N–H and O–H groups in total. The third-order valence-electron chi connectivity index (χ3n) is 4.71. The smallest absolute Gasteiger partial charge is 0.323 e. The molecule has 2 aromatic carbocycles. The largest absolute Gasteiger partial charge is 0.416 e. The Morgan fingerprint density at radius 1 is 1.07 bits per heavy atom. The molecule has 27 heavy (non-hydrogen) atoms. The first-order valence-electron chi connectivity index (χ1n) is 8.67. The van der Waals surface area contributed by atoms with Crippen LogP contribution in [0.4, 0.5) is 13.2 Å². The van der Waals surface area contributed by atoms with Crippen molar-refractivity contribution in [3.8, 4) is 0 Å². The van der Waals surface area contributed by atoms with Gasteiger partial charge in [0.05, 0.1) is 11.5 Å². The lowest BCUT2D eigenvalue weighted by Gasteiger charge is -2.17. The highest BCUT2D eigenvalue weighted by Gasteiger charge is 2.41. The van der Waals surface area contributed by atoms with Crippen LogP contribution in [0.25, 0.3) is 5.57 Å². The number of nitrogens with two attached hydrogens (primary N) is 1. The predicted molar refractivity (Wildman–Crippen MR) is 104 cm³/mol. The fourth-order valence-corrected chi connectivity index (χ4v) is 4.18. The average molecular weight is 391 g/mol. The molecule has 0 radical (unpaired) electrons. The number of ketones is 1. The highest BCUT2D eigenvalue weighted by Crippen LogP contribution is 2.42. The molecule has 1 aliphatic carbocycles. The quantitative estimate of drug-likeness (QED) is 0.788. The van der Waals surface area contributed by atoms with E-state index in [9.17, 15) is 18.0 Å². The molecule has 2 nitrogen and oxygen atoms in total. The Morgan fingerprint density at radius 2 is 1.78 bits per heavy atom. The van der Waals surface area contributed by atoms with Gasteiger partial charge in [-0.2, -0.15) is 24.9 Å². The van der Waals surface area contributed by atoms with E-state index in [2.05, 4.69) is 0 Å². The Bertz CT molecular complexity index is 861. The number of Topliss-reactive ketones (excluding diaryl/α,β-unsaturated/α-hetero) is 1. The van der Waals surface area contributed by atoms with Crippen LogP contribution in [0.1, 0.15) is 29.5 Å². The molecule has 0 bridgehead atoms. The third-order valence-corrected chi connectivity index (χ3v) is 5.63. The molecule has 2 aromatic rings. The van der Waals surface area contributed by atoms with E-state index in [1.165, 1.54) is 6.07 Å². The number of benzene rings is 2. The lowest BCUT2D eigenvalue weighted by atomic mass is 9.90. The number of carbonyl (C=O) groups excluding carboxylic acids is 1. The molecule has 0 heterocycles. The van der Waals surface area contributed by atoms with Crippen LogP contribution in [0.15, 0.2) is 60.2 Å². The Labute approximate surface area is 160 Å². The zero-order valence-electron chi connectivity index (χ0n) is 14.8. The van der Waals surface area contributed by atoms with E-state index in [0.717, 1.165) is 29.0 Å². The van der Waals surface area contributed by atoms with E-state index < -0.39 is 23.7 Å². The second-order valence-electron chi connectivity index (χ2n) is 6.39. The summed E-state index contributed by atoms with van der Waals surface area (Å²) in [7, 11) is 0. The molecular weight excluding hydrogens is 371 g/mol. The normalized spacial score (nSPS) is 20.4. The van der Waals surface area contributed by atoms with Gasteiger partial charge in [-0.3, -0.25) is 4.79 Å². The van der Waals surface area contributed by atoms with Gasteiger partial charge < -0.3 is 5.73 Å². The average Bonchev–Trinajstić information content (AvgIpc) is 2.90. The van der Waals surface area contributed by atoms with Gasteiger partial charge in [-0.1, -0.05) is 49.4 Å². The van der Waals surface area contributed by atoms with Crippen molar-refractivity contribution in [2.24, 2.45) is 5.73 Å². The van der Waals surface area contributed by atoms with E-state index in [-0.39, 0.29) is 11.3 Å². The van der Waals surface area contributed by atoms with Crippen molar-refractivity contribution >= 4 is 23.1 Å². The molecule has 6 heteroatoms. The van der Waals surface area contributed by atoms with Crippen LogP contribution in [-0.2, 0) is 11.0 Å². The zero-order valence-corrected chi connectivity index (χ0v) is 15.6. The summed E-state index contributed by atoms with van der Waals surface area (Å²) in [6, 6.07) is 13.6. The standard InChI is InChI=1S/C21H20F3NOS/c1-2-27-12-16-17(14-9-6-10-15(11-14)21(22,23)24)20(26)18(19(16)25)13-7-4-3-5-8-13/h3-11,18-19H,2,12,25H2,1H3. The summed E-state index contributed by atoms with van der Waals surface area (Å²) < 4.78 is 39.4. The molecule has 2 atom stereocenters. The van der Waals surface area contributed by atoms with Crippen molar-refractivity contribution in [1.29, 1.82) is 0 Å². The number of halogens is 3. The molecule has 0 spiro atoms. The highest BCUT2D eigenvalue weighted by atomic mass is 32.2. The molecule has 0 aromatic heterocycles. The molecule has 3 rings (SSSR count). The minimum absolute atomic E-state index is 0.209. The van der Waals surface area contributed by atoms with Gasteiger partial charge in [0.1, 0.15) is 0 Å². The first-order chi connectivity index (χ1) is 12.8. The van der Waals surface area contributed by atoms with Gasteiger partial charge in [-0.05, 0) is 34.6 Å². The van der Waals surface area contributed by atoms with Crippen molar-refractivity contribution in [2.45, 2.75) is 25.1 Å². The highest BCUT2D eigenvalue weighted by molar-refractivity contribution is 7.99. The molecule has 0 saturated heterocycles. The van der Waals surface area contributed by atoms with Gasteiger partial charge >= 0.3 is 6.18 Å². The van der Waals surface area contributed by atoms with Crippen molar-refractivity contribution in [1.82, 2.24) is 0 Å². The van der Waals surface area contributed by atoms with Crippen molar-refractivity contribution in [2.75, 3.05) is 11.5 Å². The maximum absolute atomic E-state index is 13.2. The SMILES string of the molecule is CCSCC1=C(c2cccc(C(F)(F)F)c2)C(=O)C(c2ccccc2)C1N. The summed E-state index contributed by atoms with van der Waals surface area (Å²) in [6.07, 6.45) is -4.46. The molecular formula is C21H20F3NOS. The maximum Gasteiger partial charge on any atom is 0.416 e. The summed E-state index contributed by atoms with van der Waals surface area (Å²) in [6.45, 7) is 1.99. The summed E-state index contributed by atoms with van der Waals surface area (Å²) in [5.41, 5.74) is 7.79. The van der Waals surface area contributed by atoms with Crippen molar-refractivity contribution in [3.05, 3.63) is 76.9 Å². The van der Waals surface area contributed by atoms with E-state index >= 15 is 0 Å². The van der Waals surface area contributed by atoms with Gasteiger partial charge in [0, 0.05) is 17.4 Å². The van der Waals surface area contributed by atoms with Gasteiger partial charge in [-0.15, -0.1) is 0 Å². The Morgan fingerprint density at radius 3 is 2.41 bits per heavy atom. The summed E-state index contributed by atoms with van der Waals surface area (Å²) >= 11 is 1.60. The van der Waals surface area contributed by atoms with Crippen LogP contribution in [0.5, 0.6) is 0 Å². The van der Waals surface area contributed by atoms with E-state index in [1.54, 1.807) is 17.8 Å². The molecule has 0 saturated carbocycles. The number of allylic oxidation sites excluding steroid dienone is 1. The summed E-state index contributed by atoms with van der Waals surface area (Å²) in [5, 5.41) is 0. The number of carbonyl (C=O) groups is 1.